The van der Waals surface area contributed by atoms with E-state index >= 15 is 0 Å². The Morgan fingerprint density at radius 2 is 1.14 bits per heavy atom. The van der Waals surface area contributed by atoms with Crippen molar-refractivity contribution < 1.29 is 9.47 Å². The van der Waals surface area contributed by atoms with Crippen LogP contribution in [0.1, 0.15) is 25.0 Å². The summed E-state index contributed by atoms with van der Waals surface area (Å²) in [5, 5.41) is 8.62. The van der Waals surface area contributed by atoms with Gasteiger partial charge in [0.2, 0.25) is 0 Å². The first-order valence-corrected chi connectivity index (χ1v) is 7.01. The molecule has 0 aliphatic carbocycles. The van der Waals surface area contributed by atoms with E-state index < -0.39 is 0 Å². The number of rotatable bonds is 5. The molecule has 0 aliphatic heterocycles. The standard InChI is InChI=1S/C18H20N2O2/c1-13(15-7-5-9-17(11-15)21-3)19-20-14(2)16-8-6-10-18(12-16)22-4/h5-12H,1-4H3. The third-order valence-corrected chi connectivity index (χ3v) is 3.33. The lowest BCUT2D eigenvalue weighted by atomic mass is 10.1. The predicted octanol–water partition coefficient (Wildman–Crippen LogP) is 3.94. The quantitative estimate of drug-likeness (QED) is 0.619. The highest BCUT2D eigenvalue weighted by Crippen LogP contribution is 2.15. The van der Waals surface area contributed by atoms with E-state index in [2.05, 4.69) is 10.2 Å². The van der Waals surface area contributed by atoms with E-state index in [0.29, 0.717) is 0 Å². The first-order chi connectivity index (χ1) is 10.6. The van der Waals surface area contributed by atoms with Crippen molar-refractivity contribution in [1.29, 1.82) is 0 Å². The molecular weight excluding hydrogens is 276 g/mol. The third kappa shape index (κ3) is 3.95. The maximum atomic E-state index is 5.22. The maximum absolute atomic E-state index is 5.22. The van der Waals surface area contributed by atoms with Crippen LogP contribution in [0.3, 0.4) is 0 Å². The lowest BCUT2D eigenvalue weighted by Gasteiger charge is -2.04. The average molecular weight is 296 g/mol. The molecule has 0 unspecified atom stereocenters. The van der Waals surface area contributed by atoms with Crippen molar-refractivity contribution in [3.63, 3.8) is 0 Å². The van der Waals surface area contributed by atoms with E-state index in [0.717, 1.165) is 34.0 Å². The van der Waals surface area contributed by atoms with Crippen LogP contribution in [0.15, 0.2) is 58.7 Å². The lowest BCUT2D eigenvalue weighted by Crippen LogP contribution is -1.98. The number of hydrogen-bond donors (Lipinski definition) is 0. The molecule has 114 valence electrons. The van der Waals surface area contributed by atoms with Crippen LogP contribution in [0.25, 0.3) is 0 Å². The molecule has 0 saturated carbocycles. The maximum Gasteiger partial charge on any atom is 0.119 e. The predicted molar refractivity (Wildman–Crippen MR) is 90.4 cm³/mol. The fourth-order valence-corrected chi connectivity index (χ4v) is 1.96. The zero-order chi connectivity index (χ0) is 15.9. The van der Waals surface area contributed by atoms with Crippen molar-refractivity contribution in [2.45, 2.75) is 13.8 Å². The monoisotopic (exact) mass is 296 g/mol. The van der Waals surface area contributed by atoms with Crippen molar-refractivity contribution in [2.24, 2.45) is 10.2 Å². The Labute approximate surface area is 131 Å². The third-order valence-electron chi connectivity index (χ3n) is 3.33. The van der Waals surface area contributed by atoms with Crippen LogP contribution in [0.5, 0.6) is 11.5 Å². The first kappa shape index (κ1) is 15.8. The van der Waals surface area contributed by atoms with E-state index in [-0.39, 0.29) is 0 Å². The van der Waals surface area contributed by atoms with Gasteiger partial charge < -0.3 is 9.47 Å². The molecule has 0 aliphatic rings. The summed E-state index contributed by atoms with van der Waals surface area (Å²) in [6.45, 7) is 3.86. The van der Waals surface area contributed by atoms with Crippen LogP contribution in [0.4, 0.5) is 0 Å². The van der Waals surface area contributed by atoms with Gasteiger partial charge in [-0.05, 0) is 38.1 Å². The van der Waals surface area contributed by atoms with E-state index in [4.69, 9.17) is 9.47 Å². The fourth-order valence-electron chi connectivity index (χ4n) is 1.96. The van der Waals surface area contributed by atoms with E-state index in [9.17, 15) is 0 Å². The molecule has 2 rings (SSSR count). The van der Waals surface area contributed by atoms with Gasteiger partial charge in [-0.15, -0.1) is 0 Å². The molecule has 2 aromatic carbocycles. The smallest absolute Gasteiger partial charge is 0.119 e. The van der Waals surface area contributed by atoms with Crippen LogP contribution in [-0.2, 0) is 0 Å². The topological polar surface area (TPSA) is 43.2 Å². The number of hydrogen-bond acceptors (Lipinski definition) is 4. The summed E-state index contributed by atoms with van der Waals surface area (Å²) in [6, 6.07) is 15.5. The Hall–Kier alpha value is -2.62. The largest absolute Gasteiger partial charge is 0.497 e. The van der Waals surface area contributed by atoms with Crippen molar-refractivity contribution in [2.75, 3.05) is 14.2 Å². The molecule has 4 heteroatoms. The summed E-state index contributed by atoms with van der Waals surface area (Å²) in [6.07, 6.45) is 0. The van der Waals surface area contributed by atoms with Gasteiger partial charge in [-0.1, -0.05) is 24.3 Å². The van der Waals surface area contributed by atoms with Gasteiger partial charge in [-0.2, -0.15) is 10.2 Å². The summed E-state index contributed by atoms with van der Waals surface area (Å²) in [5.41, 5.74) is 3.64. The molecule has 0 aromatic heterocycles. The molecule has 4 nitrogen and oxygen atoms in total. The zero-order valence-corrected chi connectivity index (χ0v) is 13.3. The molecule has 0 heterocycles. The van der Waals surface area contributed by atoms with E-state index in [1.807, 2.05) is 62.4 Å². The van der Waals surface area contributed by atoms with E-state index in [1.54, 1.807) is 14.2 Å². The molecule has 2 aromatic rings. The molecule has 0 atom stereocenters. The second kappa shape index (κ2) is 7.41. The summed E-state index contributed by atoms with van der Waals surface area (Å²) >= 11 is 0. The highest BCUT2D eigenvalue weighted by molar-refractivity contribution is 6.02. The molecule has 0 radical (unpaired) electrons. The highest BCUT2D eigenvalue weighted by Gasteiger charge is 2.01. The van der Waals surface area contributed by atoms with Crippen LogP contribution in [-0.4, -0.2) is 25.6 Å². The van der Waals surface area contributed by atoms with Crippen molar-refractivity contribution in [1.82, 2.24) is 0 Å². The molecule has 22 heavy (non-hydrogen) atoms. The van der Waals surface area contributed by atoms with Crippen molar-refractivity contribution in [3.8, 4) is 11.5 Å². The normalized spacial score (nSPS) is 12.2. The minimum Gasteiger partial charge on any atom is -0.497 e. The second-order valence-corrected chi connectivity index (χ2v) is 4.83. The number of ether oxygens (including phenoxy) is 2. The Balaban J connectivity index is 2.23. The summed E-state index contributed by atoms with van der Waals surface area (Å²) in [5.74, 6) is 1.61. The molecule has 0 saturated heterocycles. The van der Waals surface area contributed by atoms with Crippen molar-refractivity contribution in [3.05, 3.63) is 59.7 Å². The fraction of sp³-hybridized carbons (Fsp3) is 0.222. The van der Waals surface area contributed by atoms with Crippen LogP contribution < -0.4 is 9.47 Å². The van der Waals surface area contributed by atoms with E-state index in [1.165, 1.54) is 0 Å². The number of nitrogens with zero attached hydrogens (tertiary/aromatic N) is 2. The van der Waals surface area contributed by atoms with Gasteiger partial charge in [0.05, 0.1) is 25.6 Å². The summed E-state index contributed by atoms with van der Waals surface area (Å²) in [4.78, 5) is 0. The minimum absolute atomic E-state index is 0.806. The molecule has 0 bridgehead atoms. The molecule has 0 amide bonds. The molecule has 0 fully saturated rings. The summed E-state index contributed by atoms with van der Waals surface area (Å²) in [7, 11) is 3.30. The highest BCUT2D eigenvalue weighted by atomic mass is 16.5. The Morgan fingerprint density at radius 3 is 1.50 bits per heavy atom. The molecular formula is C18H20N2O2. The van der Waals surface area contributed by atoms with Crippen molar-refractivity contribution >= 4 is 11.4 Å². The van der Waals surface area contributed by atoms with Gasteiger partial charge >= 0.3 is 0 Å². The summed E-state index contributed by atoms with van der Waals surface area (Å²) < 4.78 is 10.4. The molecule has 0 spiro atoms. The Kier molecular flexibility index (Phi) is 5.31. The van der Waals surface area contributed by atoms with Gasteiger partial charge in [0.1, 0.15) is 11.5 Å². The average Bonchev–Trinajstić information content (AvgIpc) is 2.59. The zero-order valence-electron chi connectivity index (χ0n) is 13.3. The van der Waals surface area contributed by atoms with Gasteiger partial charge in [0, 0.05) is 11.1 Å². The van der Waals surface area contributed by atoms with Gasteiger partial charge in [-0.25, -0.2) is 0 Å². The first-order valence-electron chi connectivity index (χ1n) is 7.01. The van der Waals surface area contributed by atoms with Gasteiger partial charge in [0.15, 0.2) is 0 Å². The molecule has 0 N–H and O–H groups in total. The number of benzene rings is 2. The Morgan fingerprint density at radius 1 is 0.727 bits per heavy atom. The van der Waals surface area contributed by atoms with Gasteiger partial charge in [-0.3, -0.25) is 0 Å². The SMILES string of the molecule is COc1cccc(C(C)=NN=C(C)c2cccc(OC)c2)c1. The minimum atomic E-state index is 0.806. The number of methoxy groups -OCH3 is 2. The lowest BCUT2D eigenvalue weighted by molar-refractivity contribution is 0.414. The van der Waals surface area contributed by atoms with Crippen LogP contribution in [0.2, 0.25) is 0 Å². The van der Waals surface area contributed by atoms with Crippen LogP contribution >= 0.6 is 0 Å². The second-order valence-electron chi connectivity index (χ2n) is 4.83. The van der Waals surface area contributed by atoms with Crippen LogP contribution in [0, 0.1) is 0 Å². The Bertz CT molecular complexity index is 644. The van der Waals surface area contributed by atoms with Gasteiger partial charge in [0.25, 0.3) is 0 Å².